The van der Waals surface area contributed by atoms with Gasteiger partial charge in [0.25, 0.3) is 0 Å². The van der Waals surface area contributed by atoms with Gasteiger partial charge in [0.2, 0.25) is 5.91 Å². The van der Waals surface area contributed by atoms with Gasteiger partial charge in [0.15, 0.2) is 0 Å². The molecular weight excluding hydrogens is 156 g/mol. The predicted molar refractivity (Wildman–Crippen MR) is 45.5 cm³/mol. The van der Waals surface area contributed by atoms with E-state index in [9.17, 15) is 10.0 Å². The molecule has 0 aromatic heterocycles. The van der Waals surface area contributed by atoms with Gasteiger partial charge in [0.05, 0.1) is 18.7 Å². The summed E-state index contributed by atoms with van der Waals surface area (Å²) in [7, 11) is 0. The standard InChI is InChI=1S/C8H14N2O2/c1-7(8(9)11)6-10(12)4-2-3-5-10/h6H,2-5H2,1H3,(H2,9,11). The molecule has 1 aliphatic heterocycles. The van der Waals surface area contributed by atoms with E-state index >= 15 is 0 Å². The largest absolute Gasteiger partial charge is 0.628 e. The molecule has 0 bridgehead atoms. The smallest absolute Gasteiger partial charge is 0.249 e. The van der Waals surface area contributed by atoms with Crippen molar-refractivity contribution in [2.45, 2.75) is 19.8 Å². The van der Waals surface area contributed by atoms with Crippen LogP contribution in [0.2, 0.25) is 0 Å². The Balaban J connectivity index is 2.70. The number of quaternary nitrogens is 1. The summed E-state index contributed by atoms with van der Waals surface area (Å²) in [5.74, 6) is -0.504. The van der Waals surface area contributed by atoms with Gasteiger partial charge in [-0.05, 0) is 6.92 Å². The van der Waals surface area contributed by atoms with Crippen molar-refractivity contribution in [3.05, 3.63) is 17.0 Å². The van der Waals surface area contributed by atoms with Crippen molar-refractivity contribution in [3.8, 4) is 0 Å². The first-order chi connectivity index (χ1) is 5.53. The summed E-state index contributed by atoms with van der Waals surface area (Å²) in [5.41, 5.74) is 5.38. The van der Waals surface area contributed by atoms with Crippen LogP contribution in [-0.2, 0) is 4.79 Å². The second-order valence-corrected chi connectivity index (χ2v) is 3.28. The van der Waals surface area contributed by atoms with Crippen LogP contribution in [-0.4, -0.2) is 23.6 Å². The first-order valence-electron chi connectivity index (χ1n) is 4.10. The van der Waals surface area contributed by atoms with Gasteiger partial charge in [0.1, 0.15) is 6.20 Å². The van der Waals surface area contributed by atoms with E-state index in [1.165, 1.54) is 6.20 Å². The Labute approximate surface area is 71.8 Å². The molecule has 2 N–H and O–H groups in total. The Kier molecular flexibility index (Phi) is 2.49. The number of nitrogens with two attached hydrogens (primary N) is 1. The van der Waals surface area contributed by atoms with E-state index in [0.29, 0.717) is 18.7 Å². The van der Waals surface area contributed by atoms with Gasteiger partial charge < -0.3 is 15.6 Å². The second-order valence-electron chi connectivity index (χ2n) is 3.28. The van der Waals surface area contributed by atoms with E-state index in [-0.39, 0.29) is 4.65 Å². The Morgan fingerprint density at radius 3 is 2.42 bits per heavy atom. The van der Waals surface area contributed by atoms with Crippen molar-refractivity contribution < 1.29 is 9.44 Å². The molecule has 4 heteroatoms. The molecule has 1 heterocycles. The van der Waals surface area contributed by atoms with Gasteiger partial charge >= 0.3 is 0 Å². The number of likely N-dealkylation sites (tertiary alicyclic amines) is 1. The minimum atomic E-state index is -0.504. The van der Waals surface area contributed by atoms with Crippen LogP contribution in [0.4, 0.5) is 0 Å². The lowest BCUT2D eigenvalue weighted by Gasteiger charge is -2.34. The fourth-order valence-corrected chi connectivity index (χ4v) is 1.42. The van der Waals surface area contributed by atoms with Crippen LogP contribution < -0.4 is 5.73 Å². The zero-order valence-electron chi connectivity index (χ0n) is 7.25. The highest BCUT2D eigenvalue weighted by atomic mass is 16.5. The maximum Gasteiger partial charge on any atom is 0.249 e. The monoisotopic (exact) mass is 170 g/mol. The van der Waals surface area contributed by atoms with Gasteiger partial charge in [-0.25, -0.2) is 0 Å². The number of nitrogens with zero attached hydrogens (tertiary/aromatic N) is 1. The lowest BCUT2D eigenvalue weighted by Crippen LogP contribution is -2.33. The highest BCUT2D eigenvalue weighted by Crippen LogP contribution is 2.19. The van der Waals surface area contributed by atoms with Crippen molar-refractivity contribution in [1.82, 2.24) is 0 Å². The maximum absolute atomic E-state index is 11.7. The van der Waals surface area contributed by atoms with Gasteiger partial charge in [-0.15, -0.1) is 0 Å². The van der Waals surface area contributed by atoms with E-state index in [1.807, 2.05) is 0 Å². The first kappa shape index (κ1) is 9.22. The SMILES string of the molecule is CC(=C[N+]1([O-])CCCC1)C(N)=O. The van der Waals surface area contributed by atoms with Crippen molar-refractivity contribution in [1.29, 1.82) is 0 Å². The van der Waals surface area contributed by atoms with Crippen LogP contribution in [0.1, 0.15) is 19.8 Å². The molecule has 0 aliphatic carbocycles. The molecule has 4 nitrogen and oxygen atoms in total. The van der Waals surface area contributed by atoms with Crippen LogP contribution >= 0.6 is 0 Å². The molecular formula is C8H14N2O2. The third kappa shape index (κ3) is 2.06. The summed E-state index contributed by atoms with van der Waals surface area (Å²) in [6.45, 7) is 2.73. The Bertz CT molecular complexity index is 217. The second kappa shape index (κ2) is 3.25. The number of hydrogen-bond donors (Lipinski definition) is 1. The lowest BCUT2D eigenvalue weighted by atomic mass is 10.3. The van der Waals surface area contributed by atoms with Gasteiger partial charge in [0, 0.05) is 12.8 Å². The molecule has 68 valence electrons. The zero-order valence-corrected chi connectivity index (χ0v) is 7.25. The Hall–Kier alpha value is -0.870. The molecule has 0 radical (unpaired) electrons. The summed E-state index contributed by atoms with van der Waals surface area (Å²) in [6, 6.07) is 0. The highest BCUT2D eigenvalue weighted by Gasteiger charge is 2.21. The molecule has 1 aliphatic rings. The third-order valence-corrected chi connectivity index (χ3v) is 2.14. The van der Waals surface area contributed by atoms with Gasteiger partial charge in [-0.3, -0.25) is 4.79 Å². The van der Waals surface area contributed by atoms with E-state index in [4.69, 9.17) is 5.73 Å². The van der Waals surface area contributed by atoms with Gasteiger partial charge in [-0.1, -0.05) is 0 Å². The maximum atomic E-state index is 11.7. The summed E-state index contributed by atoms with van der Waals surface area (Å²) in [6.07, 6.45) is 3.30. The van der Waals surface area contributed by atoms with Crippen LogP contribution in [0.3, 0.4) is 0 Å². The van der Waals surface area contributed by atoms with E-state index in [1.54, 1.807) is 6.92 Å². The Morgan fingerprint density at radius 1 is 1.50 bits per heavy atom. The summed E-state index contributed by atoms with van der Waals surface area (Å²) >= 11 is 0. The average Bonchev–Trinajstić information content (AvgIpc) is 2.35. The molecule has 1 rings (SSSR count). The minimum absolute atomic E-state index is 0.368. The lowest BCUT2D eigenvalue weighted by molar-refractivity contribution is -0.815. The minimum Gasteiger partial charge on any atom is -0.628 e. The number of carbonyl (C=O) groups excluding carboxylic acids is 1. The number of primary amides is 1. The number of hydroxylamine groups is 3. The van der Waals surface area contributed by atoms with Crippen LogP contribution in [0.5, 0.6) is 0 Å². The van der Waals surface area contributed by atoms with E-state index < -0.39 is 5.91 Å². The molecule has 0 saturated carbocycles. The molecule has 0 spiro atoms. The zero-order chi connectivity index (χ0) is 9.19. The molecule has 0 unspecified atom stereocenters. The number of hydrogen-bond acceptors (Lipinski definition) is 2. The van der Waals surface area contributed by atoms with Crippen molar-refractivity contribution >= 4 is 5.91 Å². The van der Waals surface area contributed by atoms with Crippen molar-refractivity contribution in [3.63, 3.8) is 0 Å². The molecule has 0 aromatic rings. The number of carbonyl (C=O) groups is 1. The van der Waals surface area contributed by atoms with Crippen LogP contribution in [0, 0.1) is 5.21 Å². The molecule has 1 fully saturated rings. The molecule has 0 aromatic carbocycles. The average molecular weight is 170 g/mol. The fourth-order valence-electron chi connectivity index (χ4n) is 1.42. The summed E-state index contributed by atoms with van der Waals surface area (Å²) in [4.78, 5) is 10.6. The Morgan fingerprint density at radius 2 is 2.00 bits per heavy atom. The topological polar surface area (TPSA) is 66.2 Å². The van der Waals surface area contributed by atoms with Crippen LogP contribution in [0.25, 0.3) is 0 Å². The summed E-state index contributed by atoms with van der Waals surface area (Å²) < 4.78 is -0.380. The normalized spacial score (nSPS) is 22.7. The van der Waals surface area contributed by atoms with Crippen molar-refractivity contribution in [2.75, 3.05) is 13.1 Å². The summed E-state index contributed by atoms with van der Waals surface area (Å²) in [5, 5.41) is 11.7. The molecule has 0 atom stereocenters. The third-order valence-electron chi connectivity index (χ3n) is 2.14. The predicted octanol–water partition coefficient (Wildman–Crippen LogP) is 0.484. The number of rotatable bonds is 2. The van der Waals surface area contributed by atoms with Crippen LogP contribution in [0.15, 0.2) is 11.8 Å². The van der Waals surface area contributed by atoms with E-state index in [0.717, 1.165) is 12.8 Å². The number of amides is 1. The van der Waals surface area contributed by atoms with Gasteiger partial charge in [-0.2, -0.15) is 0 Å². The first-order valence-corrected chi connectivity index (χ1v) is 4.10. The molecule has 12 heavy (non-hydrogen) atoms. The van der Waals surface area contributed by atoms with E-state index in [2.05, 4.69) is 0 Å². The highest BCUT2D eigenvalue weighted by molar-refractivity contribution is 5.90. The quantitative estimate of drug-likeness (QED) is 0.372. The fraction of sp³-hybridized carbons (Fsp3) is 0.625. The molecule has 1 amide bonds. The molecule has 1 saturated heterocycles. The van der Waals surface area contributed by atoms with Crippen molar-refractivity contribution in [2.24, 2.45) is 5.73 Å².